The van der Waals surface area contributed by atoms with Crippen molar-refractivity contribution >= 4 is 11.6 Å². The molecule has 0 bridgehead atoms. The van der Waals surface area contributed by atoms with Gasteiger partial charge in [0.1, 0.15) is 5.75 Å². The van der Waals surface area contributed by atoms with E-state index in [1.807, 2.05) is 55.5 Å². The Morgan fingerprint density at radius 3 is 2.25 bits per heavy atom. The summed E-state index contributed by atoms with van der Waals surface area (Å²) < 4.78 is 5.59. The van der Waals surface area contributed by atoms with Crippen LogP contribution < -0.4 is 4.74 Å². The Hall–Kier alpha value is -1.47. The fourth-order valence-electron chi connectivity index (χ4n) is 1.65. The highest BCUT2D eigenvalue weighted by molar-refractivity contribution is 6.33. The summed E-state index contributed by atoms with van der Waals surface area (Å²) in [5.74, 6) is 0.873. The van der Waals surface area contributed by atoms with Gasteiger partial charge in [0.15, 0.2) is 0 Å². The van der Waals surface area contributed by atoms with Gasteiger partial charge in [0, 0.05) is 16.1 Å². The molecule has 0 fully saturated rings. The Kier molecular flexibility index (Phi) is 3.47. The van der Waals surface area contributed by atoms with Crippen LogP contribution in [0.3, 0.4) is 0 Å². The first-order valence-corrected chi connectivity index (χ1v) is 5.67. The zero-order chi connectivity index (χ0) is 11.4. The topological polar surface area (TPSA) is 9.23 Å². The molecular weight excluding hydrogens is 220 g/mol. The molecule has 16 heavy (non-hydrogen) atoms. The van der Waals surface area contributed by atoms with Gasteiger partial charge in [0.25, 0.3) is 0 Å². The third-order valence-corrected chi connectivity index (χ3v) is 2.68. The van der Waals surface area contributed by atoms with Gasteiger partial charge in [-0.1, -0.05) is 48.0 Å². The Bertz CT molecular complexity index is 480. The van der Waals surface area contributed by atoms with Crippen LogP contribution in [0.2, 0.25) is 5.02 Å². The highest BCUT2D eigenvalue weighted by Crippen LogP contribution is 2.34. The lowest BCUT2D eigenvalue weighted by atomic mass is 10.0. The Labute approximate surface area is 101 Å². The van der Waals surface area contributed by atoms with Crippen LogP contribution in [-0.2, 0) is 0 Å². The summed E-state index contributed by atoms with van der Waals surface area (Å²) in [5, 5.41) is 0.745. The summed E-state index contributed by atoms with van der Waals surface area (Å²) in [5.41, 5.74) is 2.04. The van der Waals surface area contributed by atoms with E-state index in [0.717, 1.165) is 21.9 Å². The molecule has 2 aromatic rings. The average molecular weight is 233 g/mol. The first-order valence-electron chi connectivity index (χ1n) is 5.29. The number of ether oxygens (including phenoxy) is 1. The monoisotopic (exact) mass is 232 g/mol. The van der Waals surface area contributed by atoms with Gasteiger partial charge in [-0.15, -0.1) is 0 Å². The molecule has 0 aliphatic rings. The van der Waals surface area contributed by atoms with Crippen LogP contribution in [0.15, 0.2) is 48.5 Å². The van der Waals surface area contributed by atoms with Crippen molar-refractivity contribution in [1.82, 2.24) is 0 Å². The molecular formula is C14H13ClO. The van der Waals surface area contributed by atoms with E-state index >= 15 is 0 Å². The second-order valence-electron chi connectivity index (χ2n) is 3.41. The number of halogens is 1. The number of hydrogen-bond acceptors (Lipinski definition) is 1. The third kappa shape index (κ3) is 2.20. The Balaban J connectivity index is 2.51. The van der Waals surface area contributed by atoms with Crippen LogP contribution in [0, 0.1) is 0 Å². The van der Waals surface area contributed by atoms with Crippen molar-refractivity contribution in [3.8, 4) is 16.9 Å². The summed E-state index contributed by atoms with van der Waals surface area (Å²) in [4.78, 5) is 0. The number of benzene rings is 2. The van der Waals surface area contributed by atoms with E-state index in [2.05, 4.69) is 0 Å². The molecule has 0 heterocycles. The second-order valence-corrected chi connectivity index (χ2v) is 3.82. The lowest BCUT2D eigenvalue weighted by Crippen LogP contribution is -1.93. The quantitative estimate of drug-likeness (QED) is 0.762. The minimum absolute atomic E-state index is 0.654. The normalized spacial score (nSPS) is 10.1. The van der Waals surface area contributed by atoms with Crippen LogP contribution in [0.25, 0.3) is 11.1 Å². The summed E-state index contributed by atoms with van der Waals surface area (Å²) in [6, 6.07) is 15.7. The lowest BCUT2D eigenvalue weighted by Gasteiger charge is -2.10. The van der Waals surface area contributed by atoms with Crippen molar-refractivity contribution in [3.05, 3.63) is 53.6 Å². The molecule has 0 radical (unpaired) electrons. The molecule has 82 valence electrons. The van der Waals surface area contributed by atoms with Crippen molar-refractivity contribution in [2.45, 2.75) is 6.92 Å². The molecule has 0 amide bonds. The summed E-state index contributed by atoms with van der Waals surface area (Å²) >= 11 is 6.18. The average Bonchev–Trinajstić information content (AvgIpc) is 2.31. The van der Waals surface area contributed by atoms with Crippen LogP contribution in [0.5, 0.6) is 5.75 Å². The minimum atomic E-state index is 0.654. The maximum Gasteiger partial charge on any atom is 0.127 e. The predicted molar refractivity (Wildman–Crippen MR) is 68.1 cm³/mol. The van der Waals surface area contributed by atoms with Crippen molar-refractivity contribution < 1.29 is 4.74 Å². The molecule has 0 saturated carbocycles. The molecule has 0 aliphatic carbocycles. The molecule has 0 aromatic heterocycles. The van der Waals surface area contributed by atoms with Crippen LogP contribution in [-0.4, -0.2) is 6.61 Å². The smallest absolute Gasteiger partial charge is 0.127 e. The Morgan fingerprint density at radius 2 is 1.56 bits per heavy atom. The van der Waals surface area contributed by atoms with E-state index in [-0.39, 0.29) is 0 Å². The van der Waals surface area contributed by atoms with Crippen LogP contribution in [0.1, 0.15) is 6.92 Å². The highest BCUT2D eigenvalue weighted by Gasteiger charge is 2.07. The lowest BCUT2D eigenvalue weighted by molar-refractivity contribution is 0.341. The van der Waals surface area contributed by atoms with Crippen molar-refractivity contribution in [2.24, 2.45) is 0 Å². The molecule has 2 heteroatoms. The van der Waals surface area contributed by atoms with Gasteiger partial charge in [-0.3, -0.25) is 0 Å². The fraction of sp³-hybridized carbons (Fsp3) is 0.143. The second kappa shape index (κ2) is 5.04. The highest BCUT2D eigenvalue weighted by atomic mass is 35.5. The van der Waals surface area contributed by atoms with Gasteiger partial charge in [-0.2, -0.15) is 0 Å². The van der Waals surface area contributed by atoms with E-state index in [4.69, 9.17) is 16.3 Å². The molecule has 0 aliphatic heterocycles. The molecule has 0 unspecified atom stereocenters. The van der Waals surface area contributed by atoms with E-state index in [1.165, 1.54) is 0 Å². The maximum atomic E-state index is 6.18. The minimum Gasteiger partial charge on any atom is -0.493 e. The zero-order valence-corrected chi connectivity index (χ0v) is 9.87. The van der Waals surface area contributed by atoms with Crippen LogP contribution in [0.4, 0.5) is 0 Å². The van der Waals surface area contributed by atoms with Crippen molar-refractivity contribution in [3.63, 3.8) is 0 Å². The van der Waals surface area contributed by atoms with E-state index in [1.54, 1.807) is 0 Å². The third-order valence-electron chi connectivity index (χ3n) is 2.35. The molecule has 2 rings (SSSR count). The van der Waals surface area contributed by atoms with Gasteiger partial charge in [0.05, 0.1) is 6.61 Å². The molecule has 2 aromatic carbocycles. The molecule has 0 saturated heterocycles. The molecule has 1 nitrogen and oxygen atoms in total. The molecule has 0 spiro atoms. The number of para-hydroxylation sites is 1. The first kappa shape index (κ1) is 11.0. The number of rotatable bonds is 3. The summed E-state index contributed by atoms with van der Waals surface area (Å²) in [6.07, 6.45) is 0. The van der Waals surface area contributed by atoms with Crippen LogP contribution >= 0.6 is 11.6 Å². The van der Waals surface area contributed by atoms with Gasteiger partial charge in [-0.05, 0) is 19.1 Å². The fourth-order valence-corrected chi connectivity index (χ4v) is 1.89. The molecule has 0 atom stereocenters. The van der Waals surface area contributed by atoms with Gasteiger partial charge in [-0.25, -0.2) is 0 Å². The van der Waals surface area contributed by atoms with Gasteiger partial charge < -0.3 is 4.74 Å². The van der Waals surface area contributed by atoms with E-state index in [9.17, 15) is 0 Å². The largest absolute Gasteiger partial charge is 0.493 e. The summed E-state index contributed by atoms with van der Waals surface area (Å²) in [7, 11) is 0. The van der Waals surface area contributed by atoms with Gasteiger partial charge >= 0.3 is 0 Å². The first-order chi connectivity index (χ1) is 7.83. The maximum absolute atomic E-state index is 6.18. The standard InChI is InChI=1S/C14H13ClO/c1-2-16-14-10-6-4-8-12(14)11-7-3-5-9-13(11)15/h3-10H,2H2,1H3. The predicted octanol–water partition coefficient (Wildman–Crippen LogP) is 4.41. The SMILES string of the molecule is CCOc1ccccc1-c1ccccc1Cl. The summed E-state index contributed by atoms with van der Waals surface area (Å²) in [6.45, 7) is 2.63. The van der Waals surface area contributed by atoms with Crippen molar-refractivity contribution in [1.29, 1.82) is 0 Å². The zero-order valence-electron chi connectivity index (χ0n) is 9.11. The van der Waals surface area contributed by atoms with Crippen molar-refractivity contribution in [2.75, 3.05) is 6.61 Å². The van der Waals surface area contributed by atoms with E-state index < -0.39 is 0 Å². The van der Waals surface area contributed by atoms with Gasteiger partial charge in [0.2, 0.25) is 0 Å². The Morgan fingerprint density at radius 1 is 0.938 bits per heavy atom. The molecule has 0 N–H and O–H groups in total. The number of hydrogen-bond donors (Lipinski definition) is 0. The van der Waals surface area contributed by atoms with E-state index in [0.29, 0.717) is 6.61 Å².